The quantitative estimate of drug-likeness (QED) is 0.616. The van der Waals surface area contributed by atoms with E-state index in [1.165, 1.54) is 13.3 Å². The zero-order valence-corrected chi connectivity index (χ0v) is 19.0. The highest BCUT2D eigenvalue weighted by Crippen LogP contribution is 2.33. The molecule has 0 radical (unpaired) electrons. The maximum atomic E-state index is 12.5. The molecule has 1 atom stereocenters. The smallest absolute Gasteiger partial charge is 0.277 e. The van der Waals surface area contributed by atoms with E-state index in [0.717, 1.165) is 18.4 Å². The molecule has 1 fully saturated rings. The number of carbonyl (C=O) groups excluding carboxylic acids is 1. The van der Waals surface area contributed by atoms with Crippen molar-refractivity contribution >= 4 is 11.6 Å². The van der Waals surface area contributed by atoms with E-state index in [1.54, 1.807) is 29.6 Å². The van der Waals surface area contributed by atoms with Crippen LogP contribution in [0, 0.1) is 11.3 Å². The van der Waals surface area contributed by atoms with Gasteiger partial charge in [0.2, 0.25) is 5.88 Å². The Bertz CT molecular complexity index is 1270. The van der Waals surface area contributed by atoms with Crippen LogP contribution in [-0.4, -0.2) is 52.4 Å². The first-order chi connectivity index (χ1) is 17.2. The summed E-state index contributed by atoms with van der Waals surface area (Å²) >= 11 is 0. The van der Waals surface area contributed by atoms with Crippen molar-refractivity contribution in [3.63, 3.8) is 0 Å². The Morgan fingerprint density at radius 2 is 2.26 bits per heavy atom. The Kier molecular flexibility index (Phi) is 6.17. The van der Waals surface area contributed by atoms with Gasteiger partial charge in [0.05, 0.1) is 31.7 Å². The summed E-state index contributed by atoms with van der Waals surface area (Å²) in [6.45, 7) is 1.00. The molecule has 0 unspecified atom stereocenters. The van der Waals surface area contributed by atoms with E-state index in [2.05, 4.69) is 32.1 Å². The number of aromatic nitrogens is 3. The molecule has 178 valence electrons. The Labute approximate surface area is 201 Å². The summed E-state index contributed by atoms with van der Waals surface area (Å²) in [5, 5.41) is 16.5. The number of likely N-dealkylation sites (tertiary alicyclic amines) is 1. The van der Waals surface area contributed by atoms with Gasteiger partial charge in [-0.15, -0.1) is 0 Å². The van der Waals surface area contributed by atoms with E-state index in [-0.39, 0.29) is 23.6 Å². The molecule has 35 heavy (non-hydrogen) atoms. The van der Waals surface area contributed by atoms with Gasteiger partial charge >= 0.3 is 0 Å². The van der Waals surface area contributed by atoms with Crippen LogP contribution < -0.4 is 9.64 Å². The van der Waals surface area contributed by atoms with Crippen molar-refractivity contribution < 1.29 is 23.6 Å². The van der Waals surface area contributed by atoms with Gasteiger partial charge < -0.3 is 24.0 Å². The molecule has 1 amide bonds. The average Bonchev–Trinajstić information content (AvgIpc) is 3.61. The van der Waals surface area contributed by atoms with Crippen LogP contribution >= 0.6 is 0 Å². The molecule has 4 heterocycles. The third-order valence-corrected chi connectivity index (χ3v) is 5.85. The van der Waals surface area contributed by atoms with Crippen molar-refractivity contribution in [2.75, 3.05) is 25.1 Å². The fourth-order valence-corrected chi connectivity index (χ4v) is 4.11. The van der Waals surface area contributed by atoms with Gasteiger partial charge in [-0.05, 0) is 30.1 Å². The second-order valence-electron chi connectivity index (χ2n) is 8.02. The monoisotopic (exact) mass is 474 g/mol. The SMILES string of the molecule is COc1ncc(N2C=COC(C3=C(O[C@H]4CCN(C(=O)c5cnon5)C4)C=CCC3)=C2)cc1C#N. The predicted molar refractivity (Wildman–Crippen MR) is 121 cm³/mol. The summed E-state index contributed by atoms with van der Waals surface area (Å²) in [6.07, 6.45) is 14.2. The summed E-state index contributed by atoms with van der Waals surface area (Å²) in [7, 11) is 1.48. The van der Waals surface area contributed by atoms with E-state index < -0.39 is 0 Å². The molecule has 0 spiro atoms. The van der Waals surface area contributed by atoms with Crippen molar-refractivity contribution in [3.05, 3.63) is 77.6 Å². The molecule has 11 nitrogen and oxygen atoms in total. The maximum Gasteiger partial charge on any atom is 0.277 e. The molecule has 0 N–H and O–H groups in total. The lowest BCUT2D eigenvalue weighted by Crippen LogP contribution is -2.30. The summed E-state index contributed by atoms with van der Waals surface area (Å²) < 4.78 is 21.8. The summed E-state index contributed by atoms with van der Waals surface area (Å²) in [4.78, 5) is 20.3. The van der Waals surface area contributed by atoms with Crippen LogP contribution in [0.3, 0.4) is 0 Å². The van der Waals surface area contributed by atoms with Gasteiger partial charge in [-0.25, -0.2) is 9.61 Å². The number of nitrogens with zero attached hydrogens (tertiary/aromatic N) is 6. The van der Waals surface area contributed by atoms with Crippen molar-refractivity contribution in [3.8, 4) is 11.9 Å². The zero-order chi connectivity index (χ0) is 24.2. The molecule has 2 aliphatic heterocycles. The van der Waals surface area contributed by atoms with Crippen molar-refractivity contribution in [1.29, 1.82) is 5.26 Å². The molecule has 1 saturated heterocycles. The molecule has 11 heteroatoms. The third-order valence-electron chi connectivity index (χ3n) is 5.85. The van der Waals surface area contributed by atoms with Gasteiger partial charge in [0.1, 0.15) is 41.7 Å². The Hall–Kier alpha value is -4.59. The average molecular weight is 474 g/mol. The number of allylic oxidation sites excluding steroid dienone is 3. The van der Waals surface area contributed by atoms with E-state index in [9.17, 15) is 10.1 Å². The van der Waals surface area contributed by atoms with Crippen molar-refractivity contribution in [1.82, 2.24) is 20.2 Å². The molecule has 0 aromatic carbocycles. The van der Waals surface area contributed by atoms with Gasteiger partial charge in [0.15, 0.2) is 5.69 Å². The minimum absolute atomic E-state index is 0.161. The summed E-state index contributed by atoms with van der Waals surface area (Å²) in [5.74, 6) is 1.40. The topological polar surface area (TPSA) is 127 Å². The number of ether oxygens (including phenoxy) is 3. The second kappa shape index (κ2) is 9.72. The van der Waals surface area contributed by atoms with Crippen LogP contribution in [-0.2, 0) is 9.47 Å². The predicted octanol–water partition coefficient (Wildman–Crippen LogP) is 3.03. The van der Waals surface area contributed by atoms with Crippen molar-refractivity contribution in [2.24, 2.45) is 0 Å². The van der Waals surface area contributed by atoms with Crippen molar-refractivity contribution in [2.45, 2.75) is 25.4 Å². The minimum Gasteiger partial charge on any atom is -0.488 e. The standard InChI is InChI=1S/C24H22N6O5/c1-32-23-16(11-25)10-17(12-26-23)29-8-9-33-22(15-29)19-4-2-3-5-21(19)34-18-6-7-30(14-18)24(31)20-13-27-35-28-20/h3,5,8-10,12-13,15,18H,2,4,6-7,14H2,1H3/t18-/m0/s1. The number of pyridine rings is 1. The van der Waals surface area contributed by atoms with E-state index in [1.807, 2.05) is 17.2 Å². The highest BCUT2D eigenvalue weighted by molar-refractivity contribution is 5.92. The number of rotatable bonds is 6. The summed E-state index contributed by atoms with van der Waals surface area (Å²) in [5.41, 5.74) is 2.14. The molecule has 1 aliphatic carbocycles. The lowest BCUT2D eigenvalue weighted by molar-refractivity contribution is 0.0732. The highest BCUT2D eigenvalue weighted by atomic mass is 16.6. The number of amides is 1. The molecule has 3 aliphatic rings. The minimum atomic E-state index is -0.227. The molecular weight excluding hydrogens is 452 g/mol. The molecule has 2 aromatic heterocycles. The third kappa shape index (κ3) is 4.59. The normalized spacial score (nSPS) is 19.3. The number of anilines is 1. The molecule has 5 rings (SSSR count). The first-order valence-electron chi connectivity index (χ1n) is 11.1. The van der Waals surface area contributed by atoms with Gasteiger partial charge in [0, 0.05) is 24.7 Å². The van der Waals surface area contributed by atoms with Crippen LogP contribution in [0.2, 0.25) is 0 Å². The lowest BCUT2D eigenvalue weighted by atomic mass is 10.0. The van der Waals surface area contributed by atoms with E-state index in [4.69, 9.17) is 14.2 Å². The number of hydrogen-bond acceptors (Lipinski definition) is 10. The fourth-order valence-electron chi connectivity index (χ4n) is 4.11. The lowest BCUT2D eigenvalue weighted by Gasteiger charge is -2.26. The number of nitriles is 1. The van der Waals surface area contributed by atoms with Crippen LogP contribution in [0.4, 0.5) is 5.69 Å². The van der Waals surface area contributed by atoms with Gasteiger partial charge in [-0.2, -0.15) is 5.26 Å². The fraction of sp³-hybridized carbons (Fsp3) is 0.292. The first kappa shape index (κ1) is 22.2. The second-order valence-corrected chi connectivity index (χ2v) is 8.02. The molecular formula is C24H22N6O5. The van der Waals surface area contributed by atoms with Gasteiger partial charge in [-0.1, -0.05) is 11.2 Å². The van der Waals surface area contributed by atoms with E-state index >= 15 is 0 Å². The van der Waals surface area contributed by atoms with Gasteiger partial charge in [0.25, 0.3) is 5.91 Å². The summed E-state index contributed by atoms with van der Waals surface area (Å²) in [6, 6.07) is 3.80. The van der Waals surface area contributed by atoms with Crippen LogP contribution in [0.1, 0.15) is 35.3 Å². The highest BCUT2D eigenvalue weighted by Gasteiger charge is 2.31. The van der Waals surface area contributed by atoms with Crippen LogP contribution in [0.15, 0.2) is 71.0 Å². The Morgan fingerprint density at radius 1 is 1.34 bits per heavy atom. The van der Waals surface area contributed by atoms with Crippen LogP contribution in [0.25, 0.3) is 0 Å². The van der Waals surface area contributed by atoms with E-state index in [0.29, 0.717) is 42.3 Å². The molecule has 2 aromatic rings. The largest absolute Gasteiger partial charge is 0.488 e. The Balaban J connectivity index is 1.34. The molecule has 0 bridgehead atoms. The molecule has 0 saturated carbocycles. The number of hydrogen-bond donors (Lipinski definition) is 0. The number of methoxy groups -OCH3 is 1. The van der Waals surface area contributed by atoms with Crippen LogP contribution in [0.5, 0.6) is 5.88 Å². The Morgan fingerprint density at radius 3 is 3.06 bits per heavy atom. The first-order valence-corrected chi connectivity index (χ1v) is 11.1. The van der Waals surface area contributed by atoms with Gasteiger partial charge in [-0.3, -0.25) is 4.79 Å². The maximum absolute atomic E-state index is 12.5. The zero-order valence-electron chi connectivity index (χ0n) is 19.0. The number of carbonyl (C=O) groups is 1.